The number of rotatable bonds is 6. The number of nitrogens with one attached hydrogen (secondary N) is 1. The van der Waals surface area contributed by atoms with Crippen LogP contribution in [0.1, 0.15) is 18.1 Å². The molecule has 0 spiro atoms. The van der Waals surface area contributed by atoms with Crippen LogP contribution in [-0.4, -0.2) is 23.8 Å². The number of phenols is 1. The standard InChI is InChI=1S/C21H18Br2N2O3/c1-2-28-19-10-13(9-18(23)21(19)27)12-24-25-20(26)11-14-7-8-17(22)16-6-4-3-5-15(14)16/h3-10,12,27H,2,11H2,1H3,(H,25,26). The summed E-state index contributed by atoms with van der Waals surface area (Å²) in [5, 5.41) is 16.1. The van der Waals surface area contributed by atoms with Gasteiger partial charge in [0.25, 0.3) is 0 Å². The van der Waals surface area contributed by atoms with Gasteiger partial charge >= 0.3 is 0 Å². The van der Waals surface area contributed by atoms with E-state index in [0.717, 1.165) is 20.8 Å². The summed E-state index contributed by atoms with van der Waals surface area (Å²) in [6.07, 6.45) is 1.72. The molecule has 0 aliphatic heterocycles. The van der Waals surface area contributed by atoms with E-state index in [9.17, 15) is 9.90 Å². The number of amides is 1. The largest absolute Gasteiger partial charge is 0.503 e. The summed E-state index contributed by atoms with van der Waals surface area (Å²) >= 11 is 6.81. The average Bonchev–Trinajstić information content (AvgIpc) is 2.68. The highest BCUT2D eigenvalue weighted by Gasteiger charge is 2.10. The average molecular weight is 506 g/mol. The third-order valence-electron chi connectivity index (χ3n) is 4.07. The van der Waals surface area contributed by atoms with E-state index in [1.54, 1.807) is 12.1 Å². The van der Waals surface area contributed by atoms with Gasteiger partial charge in [0, 0.05) is 4.47 Å². The van der Waals surface area contributed by atoms with Crippen LogP contribution in [0.3, 0.4) is 0 Å². The smallest absolute Gasteiger partial charge is 0.244 e. The maximum absolute atomic E-state index is 12.3. The van der Waals surface area contributed by atoms with Crippen LogP contribution >= 0.6 is 31.9 Å². The summed E-state index contributed by atoms with van der Waals surface area (Å²) in [6.45, 7) is 2.26. The number of carbonyl (C=O) groups excluding carboxylic acids is 1. The van der Waals surface area contributed by atoms with Gasteiger partial charge in [0.05, 0.1) is 23.7 Å². The van der Waals surface area contributed by atoms with Gasteiger partial charge in [0.15, 0.2) is 11.5 Å². The lowest BCUT2D eigenvalue weighted by molar-refractivity contribution is -0.120. The second-order valence-electron chi connectivity index (χ2n) is 6.00. The van der Waals surface area contributed by atoms with Gasteiger partial charge in [-0.05, 0) is 63.0 Å². The Morgan fingerprint density at radius 1 is 1.14 bits per heavy atom. The molecule has 3 rings (SSSR count). The lowest BCUT2D eigenvalue weighted by atomic mass is 10.0. The van der Waals surface area contributed by atoms with Crippen molar-refractivity contribution in [1.29, 1.82) is 0 Å². The number of ether oxygens (including phenoxy) is 1. The maximum atomic E-state index is 12.3. The highest BCUT2D eigenvalue weighted by Crippen LogP contribution is 2.35. The Hall–Kier alpha value is -2.38. The molecule has 5 nitrogen and oxygen atoms in total. The first kappa shape index (κ1) is 20.4. The summed E-state index contributed by atoms with van der Waals surface area (Å²) in [5.74, 6) is 0.169. The van der Waals surface area contributed by atoms with Crippen molar-refractivity contribution in [1.82, 2.24) is 5.43 Å². The first-order chi connectivity index (χ1) is 13.5. The first-order valence-corrected chi connectivity index (χ1v) is 10.2. The highest BCUT2D eigenvalue weighted by atomic mass is 79.9. The summed E-state index contributed by atoms with van der Waals surface area (Å²) in [7, 11) is 0. The second-order valence-corrected chi connectivity index (χ2v) is 7.71. The van der Waals surface area contributed by atoms with Crippen molar-refractivity contribution in [3.8, 4) is 11.5 Å². The molecule has 3 aromatic rings. The Morgan fingerprint density at radius 2 is 1.89 bits per heavy atom. The van der Waals surface area contributed by atoms with E-state index in [1.165, 1.54) is 6.21 Å². The summed E-state index contributed by atoms with van der Waals surface area (Å²) in [6, 6.07) is 15.1. The van der Waals surface area contributed by atoms with E-state index in [2.05, 4.69) is 42.4 Å². The van der Waals surface area contributed by atoms with Gasteiger partial charge in [-0.15, -0.1) is 0 Å². The number of benzene rings is 3. The van der Waals surface area contributed by atoms with Gasteiger partial charge in [-0.3, -0.25) is 4.79 Å². The molecule has 3 aromatic carbocycles. The zero-order chi connectivity index (χ0) is 20.1. The fraction of sp³-hybridized carbons (Fsp3) is 0.143. The van der Waals surface area contributed by atoms with Crippen LogP contribution in [0.4, 0.5) is 0 Å². The number of nitrogens with zero attached hydrogens (tertiary/aromatic N) is 1. The van der Waals surface area contributed by atoms with Gasteiger partial charge in [0.2, 0.25) is 5.91 Å². The van der Waals surface area contributed by atoms with Crippen LogP contribution in [0.2, 0.25) is 0 Å². The fourth-order valence-corrected chi connectivity index (χ4v) is 3.74. The van der Waals surface area contributed by atoms with Crippen molar-refractivity contribution in [2.24, 2.45) is 5.10 Å². The van der Waals surface area contributed by atoms with E-state index in [-0.39, 0.29) is 18.1 Å². The molecule has 144 valence electrons. The van der Waals surface area contributed by atoms with Gasteiger partial charge in [-0.25, -0.2) is 5.43 Å². The van der Waals surface area contributed by atoms with Gasteiger partial charge in [0.1, 0.15) is 0 Å². The Labute approximate surface area is 179 Å². The molecule has 7 heteroatoms. The van der Waals surface area contributed by atoms with E-state index >= 15 is 0 Å². The molecule has 0 unspecified atom stereocenters. The highest BCUT2D eigenvalue weighted by molar-refractivity contribution is 9.11. The maximum Gasteiger partial charge on any atom is 0.244 e. The third-order valence-corrected chi connectivity index (χ3v) is 5.36. The summed E-state index contributed by atoms with van der Waals surface area (Å²) in [4.78, 5) is 12.3. The van der Waals surface area contributed by atoms with Crippen LogP contribution in [0, 0.1) is 0 Å². The molecular weight excluding hydrogens is 488 g/mol. The number of aromatic hydroxyl groups is 1. The molecule has 2 N–H and O–H groups in total. The minimum Gasteiger partial charge on any atom is -0.503 e. The molecule has 0 atom stereocenters. The molecule has 0 saturated heterocycles. The number of hydrogen-bond acceptors (Lipinski definition) is 4. The molecule has 0 heterocycles. The van der Waals surface area contributed by atoms with Crippen molar-refractivity contribution in [2.45, 2.75) is 13.3 Å². The van der Waals surface area contributed by atoms with Crippen molar-refractivity contribution < 1.29 is 14.6 Å². The lowest BCUT2D eigenvalue weighted by Crippen LogP contribution is -2.19. The van der Waals surface area contributed by atoms with E-state index in [1.807, 2.05) is 43.3 Å². The summed E-state index contributed by atoms with van der Waals surface area (Å²) in [5.41, 5.74) is 4.16. The molecular formula is C21H18Br2N2O3. The van der Waals surface area contributed by atoms with E-state index in [4.69, 9.17) is 4.74 Å². The normalized spacial score (nSPS) is 11.1. The van der Waals surface area contributed by atoms with Crippen LogP contribution < -0.4 is 10.2 Å². The Bertz CT molecular complexity index is 1050. The van der Waals surface area contributed by atoms with Gasteiger partial charge in [-0.1, -0.05) is 46.3 Å². The molecule has 0 aliphatic rings. The van der Waals surface area contributed by atoms with Crippen molar-refractivity contribution in [3.63, 3.8) is 0 Å². The molecule has 28 heavy (non-hydrogen) atoms. The quantitative estimate of drug-likeness (QED) is 0.359. The minimum atomic E-state index is -0.216. The SMILES string of the molecule is CCOc1cc(C=NNC(=O)Cc2ccc(Br)c3ccccc23)cc(Br)c1O. The number of hydrogen-bond donors (Lipinski definition) is 2. The molecule has 0 bridgehead atoms. The molecule has 0 fully saturated rings. The minimum absolute atomic E-state index is 0.0325. The predicted octanol–water partition coefficient (Wildman–Crippen LogP) is 5.16. The van der Waals surface area contributed by atoms with Crippen LogP contribution in [0.25, 0.3) is 10.8 Å². The monoisotopic (exact) mass is 504 g/mol. The van der Waals surface area contributed by atoms with Crippen molar-refractivity contribution in [3.05, 3.63) is 68.6 Å². The number of phenolic OH excluding ortho intramolecular Hbond substituents is 1. The Morgan fingerprint density at radius 3 is 2.64 bits per heavy atom. The molecule has 0 aromatic heterocycles. The molecule has 0 radical (unpaired) electrons. The molecule has 0 saturated carbocycles. The van der Waals surface area contributed by atoms with Crippen LogP contribution in [-0.2, 0) is 11.2 Å². The van der Waals surface area contributed by atoms with Crippen LogP contribution in [0.5, 0.6) is 11.5 Å². The Balaban J connectivity index is 1.71. The number of fused-ring (bicyclic) bond motifs is 1. The van der Waals surface area contributed by atoms with Gasteiger partial charge < -0.3 is 9.84 Å². The zero-order valence-electron chi connectivity index (χ0n) is 15.1. The Kier molecular flexibility index (Phi) is 6.70. The van der Waals surface area contributed by atoms with Crippen molar-refractivity contribution >= 4 is 54.8 Å². The number of hydrazone groups is 1. The molecule has 0 aliphatic carbocycles. The third kappa shape index (κ3) is 4.72. The van der Waals surface area contributed by atoms with E-state index < -0.39 is 0 Å². The first-order valence-electron chi connectivity index (χ1n) is 8.63. The topological polar surface area (TPSA) is 70.9 Å². The van der Waals surface area contributed by atoms with E-state index in [0.29, 0.717) is 22.4 Å². The lowest BCUT2D eigenvalue weighted by Gasteiger charge is -2.08. The number of carbonyl (C=O) groups is 1. The van der Waals surface area contributed by atoms with Crippen molar-refractivity contribution in [2.75, 3.05) is 6.61 Å². The fourth-order valence-electron chi connectivity index (χ4n) is 2.80. The second kappa shape index (κ2) is 9.21. The number of halogens is 2. The zero-order valence-corrected chi connectivity index (χ0v) is 18.2. The molecule has 1 amide bonds. The summed E-state index contributed by atoms with van der Waals surface area (Å²) < 4.78 is 6.87. The predicted molar refractivity (Wildman–Crippen MR) is 118 cm³/mol. The van der Waals surface area contributed by atoms with Gasteiger partial charge in [-0.2, -0.15) is 5.10 Å². The van der Waals surface area contributed by atoms with Crippen LogP contribution in [0.15, 0.2) is 62.6 Å².